The number of hydrogen-bond acceptors (Lipinski definition) is 4. The lowest BCUT2D eigenvalue weighted by atomic mass is 9.87. The third-order valence-electron chi connectivity index (χ3n) is 6.08. The van der Waals surface area contributed by atoms with Crippen LogP contribution in [-0.2, 0) is 15.6 Å². The minimum atomic E-state index is -0.548. The van der Waals surface area contributed by atoms with E-state index in [1.54, 1.807) is 4.68 Å². The van der Waals surface area contributed by atoms with E-state index in [1.165, 1.54) is 5.56 Å². The second-order valence-corrected chi connectivity index (χ2v) is 10.9. The zero-order chi connectivity index (χ0) is 24.6. The van der Waals surface area contributed by atoms with Gasteiger partial charge in [-0.05, 0) is 36.5 Å². The van der Waals surface area contributed by atoms with Gasteiger partial charge < -0.3 is 10.6 Å². The van der Waals surface area contributed by atoms with Crippen LogP contribution in [0.2, 0.25) is 0 Å². The summed E-state index contributed by atoms with van der Waals surface area (Å²) in [6, 6.07) is 9.30. The van der Waals surface area contributed by atoms with Gasteiger partial charge in [-0.2, -0.15) is 5.10 Å². The summed E-state index contributed by atoms with van der Waals surface area (Å²) in [5.74, 6) is 0.384. The number of carbonyl (C=O) groups is 2. The molecule has 1 aliphatic heterocycles. The van der Waals surface area contributed by atoms with E-state index in [2.05, 4.69) is 62.8 Å². The molecular formula is C25H38N6O2. The normalized spacial score (nSPS) is 21.5. The average molecular weight is 455 g/mol. The van der Waals surface area contributed by atoms with Gasteiger partial charge in [0.05, 0.1) is 11.6 Å². The van der Waals surface area contributed by atoms with Gasteiger partial charge in [0.25, 0.3) is 0 Å². The monoisotopic (exact) mass is 454 g/mol. The van der Waals surface area contributed by atoms with E-state index in [4.69, 9.17) is 5.10 Å². The van der Waals surface area contributed by atoms with Crippen LogP contribution in [-0.4, -0.2) is 27.8 Å². The van der Waals surface area contributed by atoms with Gasteiger partial charge in [-0.25, -0.2) is 9.48 Å². The molecule has 3 unspecified atom stereocenters. The molecule has 3 atom stereocenters. The van der Waals surface area contributed by atoms with Gasteiger partial charge in [-0.15, -0.1) is 0 Å². The van der Waals surface area contributed by atoms with Crippen LogP contribution < -0.4 is 21.3 Å². The van der Waals surface area contributed by atoms with Crippen LogP contribution in [0.5, 0.6) is 0 Å². The smallest absolute Gasteiger partial charge is 0.322 e. The Kier molecular flexibility index (Phi) is 6.88. The van der Waals surface area contributed by atoms with Crippen LogP contribution in [0.25, 0.3) is 0 Å². The van der Waals surface area contributed by atoms with Crippen LogP contribution in [0, 0.1) is 5.92 Å². The highest BCUT2D eigenvalue weighted by molar-refractivity contribution is 5.99. The number of carbonyl (C=O) groups excluding carboxylic acids is 2. The maximum Gasteiger partial charge on any atom is 0.324 e. The van der Waals surface area contributed by atoms with Gasteiger partial charge >= 0.3 is 6.03 Å². The summed E-state index contributed by atoms with van der Waals surface area (Å²) in [6.07, 6.45) is 0.202. The van der Waals surface area contributed by atoms with E-state index in [9.17, 15) is 9.59 Å². The molecule has 1 aromatic heterocycles. The van der Waals surface area contributed by atoms with E-state index < -0.39 is 6.29 Å². The topological polar surface area (TPSA) is 100 Å². The van der Waals surface area contributed by atoms with Gasteiger partial charge in [0, 0.05) is 23.2 Å². The van der Waals surface area contributed by atoms with Crippen LogP contribution in [0.1, 0.15) is 79.4 Å². The van der Waals surface area contributed by atoms with Crippen molar-refractivity contribution in [2.24, 2.45) is 5.92 Å². The maximum atomic E-state index is 12.8. The summed E-state index contributed by atoms with van der Waals surface area (Å²) < 4.78 is 1.64. The van der Waals surface area contributed by atoms with Crippen LogP contribution in [0.3, 0.4) is 0 Å². The number of hydrogen-bond donors (Lipinski definition) is 4. The molecule has 3 rings (SSSR count). The first-order valence-corrected chi connectivity index (χ1v) is 11.6. The molecule has 33 heavy (non-hydrogen) atoms. The van der Waals surface area contributed by atoms with E-state index in [1.807, 2.05) is 44.2 Å². The van der Waals surface area contributed by atoms with Crippen molar-refractivity contribution in [1.29, 1.82) is 0 Å². The third-order valence-corrected chi connectivity index (χ3v) is 6.08. The van der Waals surface area contributed by atoms with E-state index in [0.29, 0.717) is 11.5 Å². The van der Waals surface area contributed by atoms with Crippen LogP contribution >= 0.6 is 0 Å². The molecule has 1 aliphatic rings. The lowest BCUT2D eigenvalue weighted by molar-refractivity contribution is -0.130. The Bertz CT molecular complexity index is 997. The van der Waals surface area contributed by atoms with Crippen molar-refractivity contribution in [3.05, 3.63) is 41.6 Å². The molecule has 0 saturated carbocycles. The van der Waals surface area contributed by atoms with Crippen molar-refractivity contribution >= 4 is 23.4 Å². The largest absolute Gasteiger partial charge is 0.324 e. The van der Waals surface area contributed by atoms with Crippen molar-refractivity contribution in [2.75, 3.05) is 10.6 Å². The number of anilines is 2. The fourth-order valence-electron chi connectivity index (χ4n) is 3.93. The Balaban J connectivity index is 1.81. The fraction of sp³-hybridized carbons (Fsp3) is 0.560. The second kappa shape index (κ2) is 9.17. The molecule has 0 bridgehead atoms. The SMILES string of the molecule is CCC1C(=O)NC(n2nc(C(C)(C)C)cc2NC(=O)Nc2ccc(C(C)(C)C)cc2)NC1C. The van der Waals surface area contributed by atoms with E-state index in [0.717, 1.165) is 12.1 Å². The van der Waals surface area contributed by atoms with Crippen LogP contribution in [0.15, 0.2) is 30.3 Å². The van der Waals surface area contributed by atoms with Gasteiger partial charge in [-0.1, -0.05) is 60.6 Å². The molecule has 1 aromatic carbocycles. The van der Waals surface area contributed by atoms with Crippen molar-refractivity contribution in [1.82, 2.24) is 20.4 Å². The van der Waals surface area contributed by atoms with Crippen molar-refractivity contribution in [3.8, 4) is 0 Å². The minimum absolute atomic E-state index is 0.0148. The number of aromatic nitrogens is 2. The highest BCUT2D eigenvalue weighted by Crippen LogP contribution is 2.28. The summed E-state index contributed by atoms with van der Waals surface area (Å²) in [4.78, 5) is 25.4. The summed E-state index contributed by atoms with van der Waals surface area (Å²) in [5, 5.41) is 16.9. The Hall–Kier alpha value is -2.87. The highest BCUT2D eigenvalue weighted by atomic mass is 16.2. The third kappa shape index (κ3) is 5.74. The lowest BCUT2D eigenvalue weighted by Gasteiger charge is -2.35. The molecule has 1 fully saturated rings. The van der Waals surface area contributed by atoms with Crippen LogP contribution in [0.4, 0.5) is 16.3 Å². The Labute approximate surface area is 196 Å². The molecule has 0 radical (unpaired) electrons. The summed E-state index contributed by atoms with van der Waals surface area (Å²) >= 11 is 0. The van der Waals surface area contributed by atoms with E-state index in [-0.39, 0.29) is 34.7 Å². The summed E-state index contributed by atoms with van der Waals surface area (Å²) in [7, 11) is 0. The number of benzene rings is 1. The van der Waals surface area contributed by atoms with E-state index >= 15 is 0 Å². The summed E-state index contributed by atoms with van der Waals surface area (Å²) in [5.41, 5.74) is 2.53. The molecule has 2 aromatic rings. The number of nitrogens with one attached hydrogen (secondary N) is 4. The molecule has 0 aliphatic carbocycles. The zero-order valence-corrected chi connectivity index (χ0v) is 21.0. The van der Waals surface area contributed by atoms with Gasteiger partial charge in [-0.3, -0.25) is 15.4 Å². The molecule has 8 nitrogen and oxygen atoms in total. The first-order valence-electron chi connectivity index (χ1n) is 11.6. The Morgan fingerprint density at radius 3 is 2.21 bits per heavy atom. The molecule has 3 amide bonds. The molecule has 4 N–H and O–H groups in total. The van der Waals surface area contributed by atoms with Gasteiger partial charge in [0.1, 0.15) is 5.82 Å². The molecule has 180 valence electrons. The number of amides is 3. The number of rotatable bonds is 4. The molecule has 2 heterocycles. The molecular weight excluding hydrogens is 416 g/mol. The zero-order valence-electron chi connectivity index (χ0n) is 21.0. The van der Waals surface area contributed by atoms with Crippen molar-refractivity contribution in [3.63, 3.8) is 0 Å². The first-order chi connectivity index (χ1) is 15.3. The van der Waals surface area contributed by atoms with Gasteiger partial charge in [0.2, 0.25) is 5.91 Å². The quantitative estimate of drug-likeness (QED) is 0.537. The molecule has 8 heteroatoms. The van der Waals surface area contributed by atoms with Gasteiger partial charge in [0.15, 0.2) is 6.29 Å². The van der Waals surface area contributed by atoms with Crippen molar-refractivity contribution < 1.29 is 9.59 Å². The molecule has 0 spiro atoms. The average Bonchev–Trinajstić information content (AvgIpc) is 3.11. The highest BCUT2D eigenvalue weighted by Gasteiger charge is 2.35. The van der Waals surface area contributed by atoms with Crippen molar-refractivity contribution in [2.45, 2.75) is 85.0 Å². The first kappa shape index (κ1) is 24.8. The standard InChI is InChI=1S/C25H38N6O2/c1-9-18-15(2)26-22(29-21(18)32)31-20(14-19(30-31)25(6,7)8)28-23(33)27-17-12-10-16(11-13-17)24(3,4)5/h10-15,18,22,26H,9H2,1-8H3,(H,29,32)(H2,27,28,33). The summed E-state index contributed by atoms with van der Waals surface area (Å²) in [6.45, 7) is 16.6. The number of nitrogens with zero attached hydrogens (tertiary/aromatic N) is 2. The predicted molar refractivity (Wildman–Crippen MR) is 132 cm³/mol. The second-order valence-electron chi connectivity index (χ2n) is 10.9. The fourth-order valence-corrected chi connectivity index (χ4v) is 3.93. The Morgan fingerprint density at radius 2 is 1.70 bits per heavy atom. The Morgan fingerprint density at radius 1 is 1.06 bits per heavy atom. The lowest BCUT2D eigenvalue weighted by Crippen LogP contribution is -2.57. The molecule has 1 saturated heterocycles. The minimum Gasteiger partial charge on any atom is -0.322 e. The predicted octanol–water partition coefficient (Wildman–Crippen LogP) is 4.71. The maximum absolute atomic E-state index is 12.8. The number of urea groups is 1.